The Labute approximate surface area is 180 Å². The Kier molecular flexibility index (Phi) is 6.91. The summed E-state index contributed by atoms with van der Waals surface area (Å²) in [5, 5.41) is 3.83. The molecule has 4 nitrogen and oxygen atoms in total. The van der Waals surface area contributed by atoms with Crippen LogP contribution in [-0.2, 0) is 4.79 Å². The first-order valence-electron chi connectivity index (χ1n) is 9.00. The van der Waals surface area contributed by atoms with Gasteiger partial charge in [-0.15, -0.1) is 0 Å². The number of nitrogens with one attached hydrogen (secondary N) is 1. The zero-order chi connectivity index (χ0) is 20.8. The summed E-state index contributed by atoms with van der Waals surface area (Å²) in [6, 6.07) is 18.4. The maximum absolute atomic E-state index is 12.1. The monoisotopic (exact) mass is 426 g/mol. The zero-order valence-corrected chi connectivity index (χ0v) is 17.6. The Hall–Kier alpha value is -2.82. The molecule has 3 aromatic carbocycles. The second kappa shape index (κ2) is 9.59. The lowest BCUT2D eigenvalue weighted by atomic mass is 10.2. The van der Waals surface area contributed by atoms with Gasteiger partial charge in [0.1, 0.15) is 5.75 Å². The van der Waals surface area contributed by atoms with Crippen molar-refractivity contribution in [3.8, 4) is 5.75 Å². The summed E-state index contributed by atoms with van der Waals surface area (Å²) in [4.78, 5) is 16.5. The van der Waals surface area contributed by atoms with Gasteiger partial charge in [0.25, 0.3) is 5.91 Å². The molecule has 6 heteroatoms. The molecule has 0 heterocycles. The zero-order valence-electron chi connectivity index (χ0n) is 16.1. The van der Waals surface area contributed by atoms with E-state index in [-0.39, 0.29) is 12.5 Å². The molecule has 0 atom stereocenters. The van der Waals surface area contributed by atoms with Crippen LogP contribution in [0.25, 0.3) is 0 Å². The van der Waals surface area contributed by atoms with Gasteiger partial charge in [-0.25, -0.2) is 0 Å². The van der Waals surface area contributed by atoms with Gasteiger partial charge in [-0.3, -0.25) is 9.79 Å². The summed E-state index contributed by atoms with van der Waals surface area (Å²) in [5.41, 5.74) is 4.42. The third kappa shape index (κ3) is 6.08. The summed E-state index contributed by atoms with van der Waals surface area (Å²) in [5.74, 6) is 0.177. The molecule has 29 heavy (non-hydrogen) atoms. The maximum atomic E-state index is 12.1. The number of amides is 1. The molecule has 3 rings (SSSR count). The molecule has 0 aliphatic heterocycles. The van der Waals surface area contributed by atoms with E-state index in [0.29, 0.717) is 15.8 Å². The number of aliphatic imine (C=N–C) groups is 1. The number of carbonyl (C=O) groups excluding carboxylic acids is 1. The van der Waals surface area contributed by atoms with Crippen LogP contribution in [0.15, 0.2) is 65.7 Å². The molecule has 0 spiro atoms. The molecule has 0 fully saturated rings. The Morgan fingerprint density at radius 2 is 1.90 bits per heavy atom. The summed E-state index contributed by atoms with van der Waals surface area (Å²) >= 11 is 12.3. The van der Waals surface area contributed by atoms with Crippen LogP contribution in [0.4, 0.5) is 11.4 Å². The van der Waals surface area contributed by atoms with Crippen molar-refractivity contribution >= 4 is 46.7 Å². The van der Waals surface area contributed by atoms with E-state index in [4.69, 9.17) is 27.9 Å². The predicted molar refractivity (Wildman–Crippen MR) is 120 cm³/mol. The van der Waals surface area contributed by atoms with Gasteiger partial charge in [0.2, 0.25) is 0 Å². The van der Waals surface area contributed by atoms with E-state index in [2.05, 4.69) is 10.3 Å². The molecule has 0 bridgehead atoms. The predicted octanol–water partition coefficient (Wildman–Crippen LogP) is 6.38. The lowest BCUT2D eigenvalue weighted by Gasteiger charge is -2.09. The minimum absolute atomic E-state index is 0.136. The Balaban J connectivity index is 1.61. The SMILES string of the molecule is Cc1cccc(NC(=O)COc2ccc(C=Nc3cc(Cl)ccc3C)cc2Cl)c1. The van der Waals surface area contributed by atoms with Crippen LogP contribution >= 0.6 is 23.2 Å². The highest BCUT2D eigenvalue weighted by molar-refractivity contribution is 6.32. The molecular formula is C23H20Cl2N2O2. The molecule has 0 aliphatic rings. The number of hydrogen-bond donors (Lipinski definition) is 1. The van der Waals surface area contributed by atoms with Gasteiger partial charge in [0.15, 0.2) is 6.61 Å². The molecule has 1 N–H and O–H groups in total. The highest BCUT2D eigenvalue weighted by atomic mass is 35.5. The van der Waals surface area contributed by atoms with Gasteiger partial charge in [-0.1, -0.05) is 41.4 Å². The standard InChI is InChI=1S/C23H20Cl2N2O2/c1-15-4-3-5-19(10-15)27-23(28)14-29-22-9-7-17(11-20(22)25)13-26-21-12-18(24)8-6-16(21)2/h3-13H,14H2,1-2H3,(H,27,28). The highest BCUT2D eigenvalue weighted by Crippen LogP contribution is 2.26. The summed E-state index contributed by atoms with van der Waals surface area (Å²) < 4.78 is 5.55. The third-order valence-electron chi connectivity index (χ3n) is 4.14. The molecule has 0 saturated heterocycles. The van der Waals surface area contributed by atoms with E-state index < -0.39 is 0 Å². The molecule has 0 aromatic heterocycles. The smallest absolute Gasteiger partial charge is 0.262 e. The minimum Gasteiger partial charge on any atom is -0.482 e. The number of aryl methyl sites for hydroxylation is 2. The molecule has 1 amide bonds. The van der Waals surface area contributed by atoms with Crippen molar-refractivity contribution in [2.75, 3.05) is 11.9 Å². The normalized spacial score (nSPS) is 10.9. The first kappa shape index (κ1) is 20.9. The van der Waals surface area contributed by atoms with Gasteiger partial charge in [0, 0.05) is 16.9 Å². The number of nitrogens with zero attached hydrogens (tertiary/aromatic N) is 1. The van der Waals surface area contributed by atoms with Gasteiger partial charge in [0.05, 0.1) is 10.7 Å². The lowest BCUT2D eigenvalue weighted by Crippen LogP contribution is -2.20. The molecule has 0 unspecified atom stereocenters. The topological polar surface area (TPSA) is 50.7 Å². The molecular weight excluding hydrogens is 407 g/mol. The lowest BCUT2D eigenvalue weighted by molar-refractivity contribution is -0.118. The average Bonchev–Trinajstić information content (AvgIpc) is 2.68. The fourth-order valence-corrected chi connectivity index (χ4v) is 3.05. The van der Waals surface area contributed by atoms with Gasteiger partial charge in [-0.05, 0) is 73.0 Å². The van der Waals surface area contributed by atoms with E-state index in [1.165, 1.54) is 0 Å². The van der Waals surface area contributed by atoms with Crippen LogP contribution in [-0.4, -0.2) is 18.7 Å². The average molecular weight is 427 g/mol. The number of rotatable bonds is 6. The third-order valence-corrected chi connectivity index (χ3v) is 4.67. The molecule has 0 radical (unpaired) electrons. The van der Waals surface area contributed by atoms with E-state index in [1.54, 1.807) is 24.4 Å². The summed E-state index contributed by atoms with van der Waals surface area (Å²) in [7, 11) is 0. The second-order valence-corrected chi connectivity index (χ2v) is 7.43. The van der Waals surface area contributed by atoms with Gasteiger partial charge >= 0.3 is 0 Å². The first-order chi connectivity index (χ1) is 13.9. The summed E-state index contributed by atoms with van der Waals surface area (Å²) in [6.07, 6.45) is 1.71. The van der Waals surface area contributed by atoms with Crippen LogP contribution in [0.1, 0.15) is 16.7 Å². The van der Waals surface area contributed by atoms with Crippen molar-refractivity contribution in [1.82, 2.24) is 0 Å². The number of anilines is 1. The van der Waals surface area contributed by atoms with Crippen LogP contribution in [0.2, 0.25) is 10.0 Å². The first-order valence-corrected chi connectivity index (χ1v) is 9.75. The number of halogens is 2. The van der Waals surface area contributed by atoms with Crippen molar-refractivity contribution < 1.29 is 9.53 Å². The molecule has 0 aliphatic carbocycles. The van der Waals surface area contributed by atoms with Crippen molar-refractivity contribution in [3.05, 3.63) is 87.4 Å². The summed E-state index contributed by atoms with van der Waals surface area (Å²) in [6.45, 7) is 3.79. The van der Waals surface area contributed by atoms with Crippen molar-refractivity contribution in [2.24, 2.45) is 4.99 Å². The van der Waals surface area contributed by atoms with Crippen molar-refractivity contribution in [3.63, 3.8) is 0 Å². The van der Waals surface area contributed by atoms with E-state index in [0.717, 1.165) is 28.1 Å². The van der Waals surface area contributed by atoms with Crippen molar-refractivity contribution in [2.45, 2.75) is 13.8 Å². The van der Waals surface area contributed by atoms with Crippen LogP contribution < -0.4 is 10.1 Å². The highest BCUT2D eigenvalue weighted by Gasteiger charge is 2.07. The fraction of sp³-hybridized carbons (Fsp3) is 0.130. The molecule has 3 aromatic rings. The van der Waals surface area contributed by atoms with Crippen LogP contribution in [0.3, 0.4) is 0 Å². The number of ether oxygens (including phenoxy) is 1. The minimum atomic E-state index is -0.256. The van der Waals surface area contributed by atoms with Gasteiger partial charge in [-0.2, -0.15) is 0 Å². The number of hydrogen-bond acceptors (Lipinski definition) is 3. The van der Waals surface area contributed by atoms with E-state index >= 15 is 0 Å². The van der Waals surface area contributed by atoms with Crippen molar-refractivity contribution in [1.29, 1.82) is 0 Å². The maximum Gasteiger partial charge on any atom is 0.262 e. The fourth-order valence-electron chi connectivity index (χ4n) is 2.64. The molecule has 0 saturated carbocycles. The van der Waals surface area contributed by atoms with Gasteiger partial charge < -0.3 is 10.1 Å². The molecule has 148 valence electrons. The van der Waals surface area contributed by atoms with Crippen LogP contribution in [0, 0.1) is 13.8 Å². The number of benzene rings is 3. The van der Waals surface area contributed by atoms with Crippen LogP contribution in [0.5, 0.6) is 5.75 Å². The van der Waals surface area contributed by atoms with E-state index in [9.17, 15) is 4.79 Å². The second-order valence-electron chi connectivity index (χ2n) is 6.59. The largest absolute Gasteiger partial charge is 0.482 e. The Bertz CT molecular complexity index is 1060. The Morgan fingerprint density at radius 1 is 1.07 bits per heavy atom. The number of carbonyl (C=O) groups is 1. The Morgan fingerprint density at radius 3 is 2.66 bits per heavy atom. The van der Waals surface area contributed by atoms with E-state index in [1.807, 2.05) is 56.3 Å². The quantitative estimate of drug-likeness (QED) is 0.464.